The molecule has 0 aliphatic carbocycles. The molecule has 1 fully saturated rings. The monoisotopic (exact) mass is 365 g/mol. The predicted octanol–water partition coefficient (Wildman–Crippen LogP) is 4.52. The number of urea groups is 1. The smallest absolute Gasteiger partial charge is 0.319 e. The topological polar surface area (TPSA) is 44.4 Å². The Hall–Kier alpha value is -2.33. The van der Waals surface area contributed by atoms with Crippen molar-refractivity contribution in [3.63, 3.8) is 0 Å². The van der Waals surface area contributed by atoms with Crippen LogP contribution < -0.4 is 10.6 Å². The Morgan fingerprint density at radius 2 is 1.89 bits per heavy atom. The minimum absolute atomic E-state index is 0.132. The predicted molar refractivity (Wildman–Crippen MR) is 112 cm³/mol. The van der Waals surface area contributed by atoms with Crippen LogP contribution in [0.15, 0.2) is 54.6 Å². The van der Waals surface area contributed by atoms with Gasteiger partial charge < -0.3 is 10.6 Å². The van der Waals surface area contributed by atoms with Gasteiger partial charge in [-0.15, -0.1) is 0 Å². The lowest BCUT2D eigenvalue weighted by Gasteiger charge is -2.35. The van der Waals surface area contributed by atoms with Crippen LogP contribution >= 0.6 is 0 Å². The Balaban J connectivity index is 1.53. The third-order valence-electron chi connectivity index (χ3n) is 5.37. The fourth-order valence-corrected chi connectivity index (χ4v) is 3.77. The normalized spacial score (nSPS) is 18.7. The molecule has 0 aromatic heterocycles. The highest BCUT2D eigenvalue weighted by atomic mass is 16.2. The Morgan fingerprint density at radius 3 is 2.67 bits per heavy atom. The van der Waals surface area contributed by atoms with Gasteiger partial charge in [0, 0.05) is 24.8 Å². The van der Waals surface area contributed by atoms with Gasteiger partial charge in [-0.3, -0.25) is 4.90 Å². The van der Waals surface area contributed by atoms with Gasteiger partial charge in [-0.1, -0.05) is 55.5 Å². The lowest BCUT2D eigenvalue weighted by Crippen LogP contribution is -2.47. The molecule has 27 heavy (non-hydrogen) atoms. The number of nitrogens with zero attached hydrogens (tertiary/aromatic N) is 1. The maximum atomic E-state index is 12.4. The van der Waals surface area contributed by atoms with Gasteiger partial charge in [0.15, 0.2) is 0 Å². The summed E-state index contributed by atoms with van der Waals surface area (Å²) in [5.74, 6) is 0.750. The van der Waals surface area contributed by atoms with Gasteiger partial charge in [-0.2, -0.15) is 0 Å². The number of nitrogens with one attached hydrogen (secondary N) is 2. The van der Waals surface area contributed by atoms with Crippen LogP contribution in [0.1, 0.15) is 37.8 Å². The van der Waals surface area contributed by atoms with Crippen LogP contribution in [-0.4, -0.2) is 36.6 Å². The molecule has 1 heterocycles. The molecule has 3 rings (SSSR count). The number of carbonyl (C=O) groups is 1. The van der Waals surface area contributed by atoms with Crippen LogP contribution in [0, 0.1) is 5.92 Å². The number of rotatable bonds is 6. The summed E-state index contributed by atoms with van der Waals surface area (Å²) in [6, 6.07) is 18.6. The van der Waals surface area contributed by atoms with Gasteiger partial charge in [0.05, 0.1) is 0 Å². The zero-order valence-electron chi connectivity index (χ0n) is 16.4. The summed E-state index contributed by atoms with van der Waals surface area (Å²) in [5.41, 5.74) is 3.23. The molecule has 1 saturated heterocycles. The van der Waals surface area contributed by atoms with E-state index in [-0.39, 0.29) is 6.03 Å². The summed E-state index contributed by atoms with van der Waals surface area (Å²) in [4.78, 5) is 14.9. The van der Waals surface area contributed by atoms with E-state index in [2.05, 4.69) is 47.6 Å². The largest absolute Gasteiger partial charge is 0.336 e. The quantitative estimate of drug-likeness (QED) is 0.790. The molecule has 2 amide bonds. The van der Waals surface area contributed by atoms with Gasteiger partial charge >= 0.3 is 6.03 Å². The van der Waals surface area contributed by atoms with Gasteiger partial charge in [-0.25, -0.2) is 4.79 Å². The van der Waals surface area contributed by atoms with E-state index in [0.717, 1.165) is 36.7 Å². The van der Waals surface area contributed by atoms with Crippen molar-refractivity contribution in [1.29, 1.82) is 0 Å². The average Bonchev–Trinajstić information content (AvgIpc) is 2.68. The Morgan fingerprint density at radius 1 is 1.15 bits per heavy atom. The lowest BCUT2D eigenvalue weighted by molar-refractivity contribution is 0.138. The van der Waals surface area contributed by atoms with Crippen LogP contribution in [0.4, 0.5) is 10.5 Å². The molecular formula is C23H31N3O. The molecule has 0 radical (unpaired) electrons. The highest BCUT2D eigenvalue weighted by Crippen LogP contribution is 2.19. The molecular weight excluding hydrogens is 334 g/mol. The molecule has 2 aromatic rings. The number of likely N-dealkylation sites (tertiary alicyclic amines) is 1. The number of carbonyl (C=O) groups excluding carboxylic acids is 1. The summed E-state index contributed by atoms with van der Waals surface area (Å²) < 4.78 is 0. The second-order valence-corrected chi connectivity index (χ2v) is 7.75. The highest BCUT2D eigenvalue weighted by Gasteiger charge is 2.21. The first-order chi connectivity index (χ1) is 13.1. The SMILES string of the molecule is CC1CCCN(C(C)CNC(=O)Nc2ccccc2Cc2ccccc2)C1. The minimum atomic E-state index is -0.132. The van der Waals surface area contributed by atoms with Gasteiger partial charge in [0.1, 0.15) is 0 Å². The zero-order valence-corrected chi connectivity index (χ0v) is 16.4. The number of anilines is 1. The Labute approximate surface area is 163 Å². The van der Waals surface area contributed by atoms with Crippen molar-refractivity contribution in [2.75, 3.05) is 25.0 Å². The maximum absolute atomic E-state index is 12.4. The summed E-state index contributed by atoms with van der Waals surface area (Å²) >= 11 is 0. The molecule has 2 unspecified atom stereocenters. The molecule has 0 saturated carbocycles. The Bertz CT molecular complexity index is 731. The summed E-state index contributed by atoms with van der Waals surface area (Å²) in [5, 5.41) is 6.07. The third kappa shape index (κ3) is 5.83. The van der Waals surface area contributed by atoms with Crippen molar-refractivity contribution in [2.24, 2.45) is 5.92 Å². The van der Waals surface area contributed by atoms with Gasteiger partial charge in [-0.05, 0) is 55.8 Å². The molecule has 2 N–H and O–H groups in total. The molecule has 2 atom stereocenters. The molecule has 0 bridgehead atoms. The number of benzene rings is 2. The fraction of sp³-hybridized carbons (Fsp3) is 0.435. The molecule has 1 aliphatic heterocycles. The van der Waals surface area contributed by atoms with Crippen molar-refractivity contribution < 1.29 is 4.79 Å². The van der Waals surface area contributed by atoms with Crippen LogP contribution in [0.3, 0.4) is 0 Å². The van der Waals surface area contributed by atoms with E-state index in [1.807, 2.05) is 36.4 Å². The molecule has 2 aromatic carbocycles. The highest BCUT2D eigenvalue weighted by molar-refractivity contribution is 5.90. The van der Waals surface area contributed by atoms with Crippen molar-refractivity contribution >= 4 is 11.7 Å². The number of piperidine rings is 1. The average molecular weight is 366 g/mol. The van der Waals surface area contributed by atoms with Crippen LogP contribution in [0.25, 0.3) is 0 Å². The summed E-state index contributed by atoms with van der Waals surface area (Å²) in [7, 11) is 0. The van der Waals surface area contributed by atoms with E-state index in [1.54, 1.807) is 0 Å². The minimum Gasteiger partial charge on any atom is -0.336 e. The maximum Gasteiger partial charge on any atom is 0.319 e. The number of para-hydroxylation sites is 1. The second kappa shape index (κ2) is 9.56. The summed E-state index contributed by atoms with van der Waals surface area (Å²) in [6.45, 7) is 7.43. The third-order valence-corrected chi connectivity index (χ3v) is 5.37. The van der Waals surface area contributed by atoms with Crippen molar-refractivity contribution in [3.8, 4) is 0 Å². The lowest BCUT2D eigenvalue weighted by atomic mass is 9.99. The number of hydrogen-bond donors (Lipinski definition) is 2. The first-order valence-corrected chi connectivity index (χ1v) is 10.0. The zero-order chi connectivity index (χ0) is 19.1. The Kier molecular flexibility index (Phi) is 6.88. The first-order valence-electron chi connectivity index (χ1n) is 10.0. The van der Waals surface area contributed by atoms with Crippen molar-refractivity contribution in [1.82, 2.24) is 10.2 Å². The fourth-order valence-electron chi connectivity index (χ4n) is 3.77. The van der Waals surface area contributed by atoms with E-state index in [0.29, 0.717) is 12.6 Å². The molecule has 144 valence electrons. The number of amides is 2. The molecule has 4 heteroatoms. The van der Waals surface area contributed by atoms with Crippen LogP contribution in [-0.2, 0) is 6.42 Å². The van der Waals surface area contributed by atoms with E-state index in [9.17, 15) is 4.79 Å². The second-order valence-electron chi connectivity index (χ2n) is 7.75. The van der Waals surface area contributed by atoms with Gasteiger partial charge in [0.25, 0.3) is 0 Å². The van der Waals surface area contributed by atoms with Crippen LogP contribution in [0.2, 0.25) is 0 Å². The van der Waals surface area contributed by atoms with E-state index in [1.165, 1.54) is 18.4 Å². The first kappa shape index (κ1) is 19.4. The number of hydrogen-bond acceptors (Lipinski definition) is 2. The van der Waals surface area contributed by atoms with E-state index >= 15 is 0 Å². The summed E-state index contributed by atoms with van der Waals surface area (Å²) in [6.07, 6.45) is 3.37. The standard InChI is InChI=1S/C23H31N3O/c1-18-9-8-14-26(17-18)19(2)16-24-23(27)25-22-13-7-6-12-21(22)15-20-10-4-3-5-11-20/h3-7,10-13,18-19H,8-9,14-17H2,1-2H3,(H2,24,25,27). The van der Waals surface area contributed by atoms with Crippen LogP contribution in [0.5, 0.6) is 0 Å². The van der Waals surface area contributed by atoms with E-state index in [4.69, 9.17) is 0 Å². The molecule has 0 spiro atoms. The van der Waals surface area contributed by atoms with E-state index < -0.39 is 0 Å². The molecule has 4 nitrogen and oxygen atoms in total. The molecule has 1 aliphatic rings. The van der Waals surface area contributed by atoms with Crippen molar-refractivity contribution in [2.45, 2.75) is 39.2 Å². The van der Waals surface area contributed by atoms with Crippen molar-refractivity contribution in [3.05, 3.63) is 65.7 Å². The van der Waals surface area contributed by atoms with Gasteiger partial charge in [0.2, 0.25) is 0 Å².